The molecule has 0 amide bonds. The summed E-state index contributed by atoms with van der Waals surface area (Å²) in [6, 6.07) is 0. The molecule has 0 bridgehead atoms. The zero-order valence-electron chi connectivity index (χ0n) is 13.7. The van der Waals surface area contributed by atoms with Gasteiger partial charge in [-0.3, -0.25) is 0 Å². The molecule has 0 radical (unpaired) electrons. The highest BCUT2D eigenvalue weighted by atomic mass is 16.7. The second-order valence-electron chi connectivity index (χ2n) is 6.81. The van der Waals surface area contributed by atoms with E-state index in [1.165, 1.54) is 57.8 Å². The molecule has 2 heteroatoms. The van der Waals surface area contributed by atoms with Crippen LogP contribution in [0.3, 0.4) is 0 Å². The summed E-state index contributed by atoms with van der Waals surface area (Å²) in [5.41, 5.74) is 0. The van der Waals surface area contributed by atoms with Crippen LogP contribution in [0.25, 0.3) is 0 Å². The zero-order chi connectivity index (χ0) is 14.3. The molecule has 0 N–H and O–H groups in total. The van der Waals surface area contributed by atoms with Crippen molar-refractivity contribution in [1.82, 2.24) is 0 Å². The summed E-state index contributed by atoms with van der Waals surface area (Å²) >= 11 is 0. The summed E-state index contributed by atoms with van der Waals surface area (Å²) < 4.78 is 12.8. The first-order valence-corrected chi connectivity index (χ1v) is 9.11. The van der Waals surface area contributed by atoms with E-state index >= 15 is 0 Å². The predicted octanol–water partition coefficient (Wildman–Crippen LogP) is 5.45. The van der Waals surface area contributed by atoms with Crippen LogP contribution < -0.4 is 0 Å². The molecule has 2 fully saturated rings. The zero-order valence-corrected chi connectivity index (χ0v) is 13.7. The number of ether oxygens (including phenoxy) is 2. The standard InChI is InChI=1S/C18H34O2/c1-3-5-13-18(14-6-4-2)19-15-12-17(20-18)16-10-8-7-9-11-16/h16-17H,3-15H2,1-2H3. The maximum atomic E-state index is 6.60. The minimum Gasteiger partial charge on any atom is -0.350 e. The van der Waals surface area contributed by atoms with Crippen LogP contribution in [0.5, 0.6) is 0 Å². The number of hydrogen-bond donors (Lipinski definition) is 0. The fourth-order valence-corrected chi connectivity index (χ4v) is 3.85. The fourth-order valence-electron chi connectivity index (χ4n) is 3.85. The van der Waals surface area contributed by atoms with Gasteiger partial charge in [0.1, 0.15) is 0 Å². The van der Waals surface area contributed by atoms with Crippen molar-refractivity contribution in [3.05, 3.63) is 0 Å². The largest absolute Gasteiger partial charge is 0.350 e. The van der Waals surface area contributed by atoms with Crippen molar-refractivity contribution in [2.24, 2.45) is 5.92 Å². The van der Waals surface area contributed by atoms with Crippen LogP contribution in [0.2, 0.25) is 0 Å². The smallest absolute Gasteiger partial charge is 0.168 e. The highest BCUT2D eigenvalue weighted by molar-refractivity contribution is 4.82. The lowest BCUT2D eigenvalue weighted by molar-refractivity contribution is -0.309. The monoisotopic (exact) mass is 282 g/mol. The Balaban J connectivity index is 1.95. The molecule has 20 heavy (non-hydrogen) atoms. The summed E-state index contributed by atoms with van der Waals surface area (Å²) in [7, 11) is 0. The second-order valence-corrected chi connectivity index (χ2v) is 6.81. The Bertz CT molecular complexity index is 250. The first kappa shape index (κ1) is 16.3. The van der Waals surface area contributed by atoms with Gasteiger partial charge in [0.25, 0.3) is 0 Å². The van der Waals surface area contributed by atoms with Crippen molar-refractivity contribution in [3.63, 3.8) is 0 Å². The molecule has 2 rings (SSSR count). The molecule has 1 unspecified atom stereocenters. The van der Waals surface area contributed by atoms with Gasteiger partial charge in [-0.1, -0.05) is 46.0 Å². The van der Waals surface area contributed by atoms with E-state index < -0.39 is 0 Å². The molecule has 0 spiro atoms. The Morgan fingerprint density at radius 1 is 0.900 bits per heavy atom. The van der Waals surface area contributed by atoms with Gasteiger partial charge in [-0.15, -0.1) is 0 Å². The van der Waals surface area contributed by atoms with Gasteiger partial charge in [0.05, 0.1) is 12.7 Å². The molecule has 0 aromatic carbocycles. The van der Waals surface area contributed by atoms with Gasteiger partial charge in [-0.2, -0.15) is 0 Å². The van der Waals surface area contributed by atoms with Crippen LogP contribution in [0.15, 0.2) is 0 Å². The summed E-state index contributed by atoms with van der Waals surface area (Å²) in [5.74, 6) is 0.558. The Hall–Kier alpha value is -0.0800. The molecule has 118 valence electrons. The normalized spacial score (nSPS) is 27.6. The Morgan fingerprint density at radius 3 is 2.15 bits per heavy atom. The van der Waals surface area contributed by atoms with Crippen molar-refractivity contribution in [2.45, 2.75) is 103 Å². The minimum absolute atomic E-state index is 0.244. The maximum absolute atomic E-state index is 6.60. The van der Waals surface area contributed by atoms with Gasteiger partial charge in [0.2, 0.25) is 0 Å². The first-order chi connectivity index (χ1) is 9.79. The maximum Gasteiger partial charge on any atom is 0.168 e. The third kappa shape index (κ3) is 4.46. The van der Waals surface area contributed by atoms with Gasteiger partial charge < -0.3 is 9.47 Å². The molecule has 1 atom stereocenters. The topological polar surface area (TPSA) is 18.5 Å². The molecule has 1 aliphatic carbocycles. The molecular weight excluding hydrogens is 248 g/mol. The van der Waals surface area contributed by atoms with E-state index in [1.807, 2.05) is 0 Å². The first-order valence-electron chi connectivity index (χ1n) is 9.11. The Labute approximate surface area is 125 Å². The van der Waals surface area contributed by atoms with E-state index in [0.717, 1.165) is 31.8 Å². The lowest BCUT2D eigenvalue weighted by atomic mass is 9.83. The molecule has 2 nitrogen and oxygen atoms in total. The molecule has 1 saturated carbocycles. The van der Waals surface area contributed by atoms with Crippen LogP contribution in [0, 0.1) is 5.92 Å². The average molecular weight is 282 g/mol. The van der Waals surface area contributed by atoms with Crippen LogP contribution >= 0.6 is 0 Å². The van der Waals surface area contributed by atoms with Crippen molar-refractivity contribution in [1.29, 1.82) is 0 Å². The van der Waals surface area contributed by atoms with Gasteiger partial charge in [0.15, 0.2) is 5.79 Å². The summed E-state index contributed by atoms with van der Waals surface area (Å²) in [5, 5.41) is 0. The van der Waals surface area contributed by atoms with Crippen LogP contribution in [0.4, 0.5) is 0 Å². The minimum atomic E-state index is -0.244. The van der Waals surface area contributed by atoms with Crippen LogP contribution in [0.1, 0.15) is 90.9 Å². The fraction of sp³-hybridized carbons (Fsp3) is 1.00. The predicted molar refractivity (Wildman–Crippen MR) is 83.8 cm³/mol. The molecule has 2 aliphatic rings. The number of unbranched alkanes of at least 4 members (excludes halogenated alkanes) is 2. The average Bonchev–Trinajstić information content (AvgIpc) is 2.52. The quantitative estimate of drug-likeness (QED) is 0.618. The Morgan fingerprint density at radius 2 is 1.55 bits per heavy atom. The molecule has 1 heterocycles. The van der Waals surface area contributed by atoms with E-state index in [2.05, 4.69) is 13.8 Å². The van der Waals surface area contributed by atoms with Crippen molar-refractivity contribution in [3.8, 4) is 0 Å². The van der Waals surface area contributed by atoms with E-state index in [9.17, 15) is 0 Å². The van der Waals surface area contributed by atoms with E-state index in [0.29, 0.717) is 6.10 Å². The molecule has 0 aromatic heterocycles. The lowest BCUT2D eigenvalue weighted by Crippen LogP contribution is -2.47. The molecule has 0 aromatic rings. The Kier molecular flexibility index (Phi) is 6.83. The van der Waals surface area contributed by atoms with Crippen LogP contribution in [-0.2, 0) is 9.47 Å². The van der Waals surface area contributed by atoms with Crippen molar-refractivity contribution >= 4 is 0 Å². The summed E-state index contributed by atoms with van der Waals surface area (Å²) in [6.07, 6.45) is 15.7. The SMILES string of the molecule is CCCCC1(CCCC)OCCC(C2CCCCC2)O1. The van der Waals surface area contributed by atoms with Crippen LogP contribution in [-0.4, -0.2) is 18.5 Å². The van der Waals surface area contributed by atoms with Gasteiger partial charge in [0, 0.05) is 12.8 Å². The second kappa shape index (κ2) is 8.38. The molecule has 1 aliphatic heterocycles. The van der Waals surface area contributed by atoms with E-state index in [4.69, 9.17) is 9.47 Å². The van der Waals surface area contributed by atoms with E-state index in [-0.39, 0.29) is 5.79 Å². The highest BCUT2D eigenvalue weighted by Gasteiger charge is 2.40. The van der Waals surface area contributed by atoms with Gasteiger partial charge >= 0.3 is 0 Å². The molecular formula is C18H34O2. The molecule has 1 saturated heterocycles. The number of hydrogen-bond acceptors (Lipinski definition) is 2. The van der Waals surface area contributed by atoms with E-state index in [1.54, 1.807) is 0 Å². The summed E-state index contributed by atoms with van der Waals surface area (Å²) in [6.45, 7) is 5.43. The third-order valence-corrected chi connectivity index (χ3v) is 5.13. The van der Waals surface area contributed by atoms with Gasteiger partial charge in [-0.05, 0) is 38.0 Å². The highest BCUT2D eigenvalue weighted by Crippen LogP contribution is 2.39. The third-order valence-electron chi connectivity index (χ3n) is 5.13. The van der Waals surface area contributed by atoms with Crippen molar-refractivity contribution < 1.29 is 9.47 Å². The lowest BCUT2D eigenvalue weighted by Gasteiger charge is -2.44. The van der Waals surface area contributed by atoms with Gasteiger partial charge in [-0.25, -0.2) is 0 Å². The number of rotatable bonds is 7. The van der Waals surface area contributed by atoms with Crippen molar-refractivity contribution in [2.75, 3.05) is 6.61 Å². The summed E-state index contributed by atoms with van der Waals surface area (Å²) in [4.78, 5) is 0.